The highest BCUT2D eigenvalue weighted by atomic mass is 79.9. The normalized spacial score (nSPS) is 12.3. The Bertz CT molecular complexity index is 393. The van der Waals surface area contributed by atoms with E-state index in [1.807, 2.05) is 0 Å². The van der Waals surface area contributed by atoms with Crippen molar-refractivity contribution in [3.63, 3.8) is 0 Å². The Hall–Kier alpha value is -0.940. The highest BCUT2D eigenvalue weighted by Gasteiger charge is 2.19. The molecule has 0 bridgehead atoms. The third kappa shape index (κ3) is 2.54. The summed E-state index contributed by atoms with van der Waals surface area (Å²) in [4.78, 5) is 11.5. The Kier molecular flexibility index (Phi) is 3.82. The molecule has 0 aromatic heterocycles. The quantitative estimate of drug-likeness (QED) is 0.860. The van der Waals surface area contributed by atoms with Crippen molar-refractivity contribution >= 4 is 21.7 Å². The second-order valence-corrected chi connectivity index (χ2v) is 4.04. The van der Waals surface area contributed by atoms with Crippen LogP contribution in [0.1, 0.15) is 17.3 Å². The fourth-order valence-corrected chi connectivity index (χ4v) is 1.57. The van der Waals surface area contributed by atoms with E-state index in [0.29, 0.717) is 4.47 Å². The summed E-state index contributed by atoms with van der Waals surface area (Å²) in [5, 5.41) is 0. The lowest BCUT2D eigenvalue weighted by atomic mass is 10.1. The molecule has 0 saturated heterocycles. The molecule has 82 valence electrons. The minimum Gasteiger partial charge on any atom is -0.494 e. The molecule has 5 heteroatoms. The van der Waals surface area contributed by atoms with E-state index >= 15 is 0 Å². The van der Waals surface area contributed by atoms with Crippen LogP contribution in [-0.4, -0.2) is 18.9 Å². The molecule has 1 rings (SSSR count). The predicted molar refractivity (Wildman–Crippen MR) is 58.6 cm³/mol. The molecule has 2 N–H and O–H groups in total. The van der Waals surface area contributed by atoms with Crippen molar-refractivity contribution in [1.29, 1.82) is 0 Å². The molecule has 0 radical (unpaired) electrons. The van der Waals surface area contributed by atoms with E-state index in [9.17, 15) is 9.18 Å². The summed E-state index contributed by atoms with van der Waals surface area (Å²) < 4.78 is 19.0. The number of carbonyl (C=O) groups excluding carboxylic acids is 1. The van der Waals surface area contributed by atoms with Gasteiger partial charge in [-0.05, 0) is 19.1 Å². The van der Waals surface area contributed by atoms with Gasteiger partial charge in [0, 0.05) is 4.47 Å². The monoisotopic (exact) mass is 275 g/mol. The van der Waals surface area contributed by atoms with Crippen LogP contribution < -0.4 is 10.5 Å². The molecule has 0 saturated carbocycles. The third-order valence-corrected chi connectivity index (χ3v) is 2.36. The largest absolute Gasteiger partial charge is 0.494 e. The molecule has 15 heavy (non-hydrogen) atoms. The Morgan fingerprint density at radius 2 is 2.20 bits per heavy atom. The Labute approximate surface area is 95.5 Å². The topological polar surface area (TPSA) is 52.3 Å². The van der Waals surface area contributed by atoms with Crippen LogP contribution in [0.5, 0.6) is 5.75 Å². The van der Waals surface area contributed by atoms with Crippen molar-refractivity contribution in [3.8, 4) is 5.75 Å². The molecule has 0 aliphatic rings. The van der Waals surface area contributed by atoms with E-state index < -0.39 is 17.6 Å². The Balaban J connectivity index is 3.29. The van der Waals surface area contributed by atoms with Crippen LogP contribution in [0.4, 0.5) is 4.39 Å². The lowest BCUT2D eigenvalue weighted by molar-refractivity contribution is 0.0963. The summed E-state index contributed by atoms with van der Waals surface area (Å²) >= 11 is 3.17. The van der Waals surface area contributed by atoms with Crippen LogP contribution in [0.3, 0.4) is 0 Å². The number of hydrogen-bond donors (Lipinski definition) is 1. The van der Waals surface area contributed by atoms with Crippen molar-refractivity contribution in [2.24, 2.45) is 5.73 Å². The first kappa shape index (κ1) is 12.1. The second kappa shape index (κ2) is 4.72. The van der Waals surface area contributed by atoms with Gasteiger partial charge in [-0.2, -0.15) is 0 Å². The molecule has 0 amide bonds. The van der Waals surface area contributed by atoms with Gasteiger partial charge in [-0.15, -0.1) is 0 Å². The van der Waals surface area contributed by atoms with E-state index in [4.69, 9.17) is 10.5 Å². The number of carbonyl (C=O) groups is 1. The van der Waals surface area contributed by atoms with Crippen molar-refractivity contribution in [2.45, 2.75) is 13.0 Å². The van der Waals surface area contributed by atoms with Gasteiger partial charge >= 0.3 is 0 Å². The number of benzene rings is 1. The maximum absolute atomic E-state index is 13.6. The zero-order valence-corrected chi connectivity index (χ0v) is 9.97. The molecule has 1 unspecified atom stereocenters. The summed E-state index contributed by atoms with van der Waals surface area (Å²) in [5.41, 5.74) is 5.35. The Morgan fingerprint density at radius 1 is 1.60 bits per heavy atom. The van der Waals surface area contributed by atoms with E-state index in [1.165, 1.54) is 26.2 Å². The number of rotatable bonds is 3. The van der Waals surface area contributed by atoms with Crippen LogP contribution in [0.25, 0.3) is 0 Å². The molecule has 0 aliphatic carbocycles. The predicted octanol–water partition coefficient (Wildman–Crippen LogP) is 2.13. The van der Waals surface area contributed by atoms with Gasteiger partial charge in [0.2, 0.25) is 0 Å². The van der Waals surface area contributed by atoms with Crippen LogP contribution >= 0.6 is 15.9 Å². The highest BCUT2D eigenvalue weighted by molar-refractivity contribution is 9.10. The summed E-state index contributed by atoms with van der Waals surface area (Å²) in [6, 6.07) is 2.11. The van der Waals surface area contributed by atoms with Crippen LogP contribution in [0.15, 0.2) is 16.6 Å². The third-order valence-electron chi connectivity index (χ3n) is 1.90. The number of Topliss-reactive ketones (excluding diaryl/α,β-unsaturated/α-hetero) is 1. The maximum Gasteiger partial charge on any atom is 0.182 e. The lowest BCUT2D eigenvalue weighted by Crippen LogP contribution is -2.27. The Morgan fingerprint density at radius 3 is 2.67 bits per heavy atom. The van der Waals surface area contributed by atoms with Gasteiger partial charge in [-0.1, -0.05) is 15.9 Å². The average Bonchev–Trinajstić information content (AvgIpc) is 2.19. The molecule has 0 spiro atoms. The minimum absolute atomic E-state index is 0.0216. The van der Waals surface area contributed by atoms with E-state index in [1.54, 1.807) is 0 Å². The number of halogens is 2. The average molecular weight is 276 g/mol. The van der Waals surface area contributed by atoms with Crippen molar-refractivity contribution < 1.29 is 13.9 Å². The minimum atomic E-state index is -0.737. The number of methoxy groups -OCH3 is 1. The zero-order chi connectivity index (χ0) is 11.6. The highest BCUT2D eigenvalue weighted by Crippen LogP contribution is 2.26. The second-order valence-electron chi connectivity index (χ2n) is 3.12. The fraction of sp³-hybridized carbons (Fsp3) is 0.300. The molecule has 0 heterocycles. The number of hydrogen-bond acceptors (Lipinski definition) is 3. The SMILES string of the molecule is COc1cc(Br)cc(C(=O)C(C)N)c1F. The van der Waals surface area contributed by atoms with Gasteiger partial charge in [0.25, 0.3) is 0 Å². The van der Waals surface area contributed by atoms with E-state index in [2.05, 4.69) is 15.9 Å². The molecular formula is C10H11BrFNO2. The maximum atomic E-state index is 13.6. The first-order valence-electron chi connectivity index (χ1n) is 4.30. The standard InChI is InChI=1S/C10H11BrFNO2/c1-5(13)10(14)7-3-6(11)4-8(15-2)9(7)12/h3-5H,13H2,1-2H3. The summed E-state index contributed by atoms with van der Waals surface area (Å²) in [5.74, 6) is -1.11. The van der Waals surface area contributed by atoms with Gasteiger partial charge in [0.1, 0.15) is 0 Å². The van der Waals surface area contributed by atoms with Crippen LogP contribution in [-0.2, 0) is 0 Å². The van der Waals surface area contributed by atoms with Gasteiger partial charge in [0.15, 0.2) is 17.3 Å². The number of ether oxygens (including phenoxy) is 1. The van der Waals surface area contributed by atoms with Crippen molar-refractivity contribution in [1.82, 2.24) is 0 Å². The summed E-state index contributed by atoms with van der Waals surface area (Å²) in [7, 11) is 1.34. The van der Waals surface area contributed by atoms with Gasteiger partial charge in [-0.25, -0.2) is 4.39 Å². The zero-order valence-electron chi connectivity index (χ0n) is 8.38. The molecule has 0 aliphatic heterocycles. The number of ketones is 1. The summed E-state index contributed by atoms with van der Waals surface area (Å²) in [6.45, 7) is 1.51. The van der Waals surface area contributed by atoms with Crippen molar-refractivity contribution in [2.75, 3.05) is 7.11 Å². The number of nitrogens with two attached hydrogens (primary N) is 1. The van der Waals surface area contributed by atoms with Crippen molar-refractivity contribution in [3.05, 3.63) is 28.0 Å². The molecule has 3 nitrogen and oxygen atoms in total. The summed E-state index contributed by atoms with van der Waals surface area (Å²) in [6.07, 6.45) is 0. The van der Waals surface area contributed by atoms with E-state index in [0.717, 1.165) is 0 Å². The smallest absolute Gasteiger partial charge is 0.182 e. The molecule has 1 aromatic rings. The molecule has 1 atom stereocenters. The first-order chi connectivity index (χ1) is 6.97. The molecule has 1 aromatic carbocycles. The van der Waals surface area contributed by atoms with Crippen LogP contribution in [0, 0.1) is 5.82 Å². The lowest BCUT2D eigenvalue weighted by Gasteiger charge is -2.09. The molecular weight excluding hydrogens is 265 g/mol. The van der Waals surface area contributed by atoms with Gasteiger partial charge in [-0.3, -0.25) is 4.79 Å². The van der Waals surface area contributed by atoms with Gasteiger partial charge in [0.05, 0.1) is 18.7 Å². The fourth-order valence-electron chi connectivity index (χ4n) is 1.14. The van der Waals surface area contributed by atoms with Gasteiger partial charge < -0.3 is 10.5 Å². The first-order valence-corrected chi connectivity index (χ1v) is 5.09. The molecule has 0 fully saturated rings. The van der Waals surface area contributed by atoms with Crippen LogP contribution in [0.2, 0.25) is 0 Å². The van der Waals surface area contributed by atoms with E-state index in [-0.39, 0.29) is 11.3 Å².